The Kier molecular flexibility index (Phi) is 4.48. The first-order chi connectivity index (χ1) is 10.6. The van der Waals surface area contributed by atoms with E-state index in [-0.39, 0.29) is 0 Å². The van der Waals surface area contributed by atoms with Crippen LogP contribution in [0.1, 0.15) is 32.3 Å². The highest BCUT2D eigenvalue weighted by atomic mass is 28.3. The van der Waals surface area contributed by atoms with Crippen molar-refractivity contribution < 1.29 is 0 Å². The molecule has 1 aromatic heterocycles. The highest BCUT2D eigenvalue weighted by Gasteiger charge is 2.35. The monoisotopic (exact) mass is 309 g/mol. The van der Waals surface area contributed by atoms with E-state index in [2.05, 4.69) is 63.0 Å². The highest BCUT2D eigenvalue weighted by Crippen LogP contribution is 2.31. The first-order valence-electron chi connectivity index (χ1n) is 8.63. The van der Waals surface area contributed by atoms with E-state index in [1.165, 1.54) is 36.9 Å². The van der Waals surface area contributed by atoms with Gasteiger partial charge in [0.1, 0.15) is 0 Å². The van der Waals surface area contributed by atoms with Crippen molar-refractivity contribution in [3.63, 3.8) is 0 Å². The molecule has 0 N–H and O–H groups in total. The molecule has 0 aliphatic carbocycles. The van der Waals surface area contributed by atoms with Gasteiger partial charge in [0.25, 0.3) is 0 Å². The summed E-state index contributed by atoms with van der Waals surface area (Å²) in [5, 5.41) is 1.64. The average molecular weight is 310 g/mol. The van der Waals surface area contributed by atoms with Crippen molar-refractivity contribution in [1.82, 2.24) is 4.98 Å². The van der Waals surface area contributed by atoms with Crippen LogP contribution in [0, 0.1) is 5.92 Å². The van der Waals surface area contributed by atoms with Gasteiger partial charge in [-0.2, -0.15) is 0 Å². The van der Waals surface area contributed by atoms with E-state index in [1.807, 2.05) is 0 Å². The lowest BCUT2D eigenvalue weighted by atomic mass is 10.0. The average Bonchev–Trinajstić information content (AvgIpc) is 2.95. The summed E-state index contributed by atoms with van der Waals surface area (Å²) in [6.45, 7) is 7.22. The van der Waals surface area contributed by atoms with Crippen LogP contribution >= 0.6 is 0 Å². The summed E-state index contributed by atoms with van der Waals surface area (Å²) in [7, 11) is -1.26. The second kappa shape index (κ2) is 6.37. The Morgan fingerprint density at radius 3 is 2.41 bits per heavy atom. The number of rotatable bonds is 4. The number of aromatic nitrogens is 1. The molecule has 0 bridgehead atoms. The molecule has 1 saturated heterocycles. The highest BCUT2D eigenvalue weighted by molar-refractivity contribution is 6.91. The third kappa shape index (κ3) is 3.17. The maximum atomic E-state index is 4.84. The molecule has 0 saturated carbocycles. The van der Waals surface area contributed by atoms with Crippen LogP contribution in [0.4, 0.5) is 0 Å². The van der Waals surface area contributed by atoms with Gasteiger partial charge in [-0.05, 0) is 29.2 Å². The van der Waals surface area contributed by atoms with Gasteiger partial charge in [-0.25, -0.2) is 0 Å². The van der Waals surface area contributed by atoms with E-state index >= 15 is 0 Å². The predicted octanol–water partition coefficient (Wildman–Crippen LogP) is 5.03. The zero-order valence-electron chi connectivity index (χ0n) is 14.1. The molecule has 1 aromatic carbocycles. The van der Waals surface area contributed by atoms with Crippen molar-refractivity contribution in [2.75, 3.05) is 0 Å². The smallest absolute Gasteiger partial charge is 0.0860 e. The summed E-state index contributed by atoms with van der Waals surface area (Å²) >= 11 is 0. The summed E-state index contributed by atoms with van der Waals surface area (Å²) in [6.07, 6.45) is 6.26. The quantitative estimate of drug-likeness (QED) is 0.722. The Balaban J connectivity index is 2.04. The summed E-state index contributed by atoms with van der Waals surface area (Å²) in [5.74, 6) is 0.698. The Bertz CT molecular complexity index is 627. The van der Waals surface area contributed by atoms with Gasteiger partial charge >= 0.3 is 0 Å². The molecule has 22 heavy (non-hydrogen) atoms. The summed E-state index contributed by atoms with van der Waals surface area (Å²) in [6, 6.07) is 15.9. The summed E-state index contributed by atoms with van der Waals surface area (Å²) in [5.41, 5.74) is 3.94. The van der Waals surface area contributed by atoms with E-state index in [9.17, 15) is 0 Å². The molecule has 116 valence electrons. The minimum atomic E-state index is -1.26. The van der Waals surface area contributed by atoms with Crippen molar-refractivity contribution in [2.24, 2.45) is 5.92 Å². The van der Waals surface area contributed by atoms with Crippen molar-refractivity contribution in [2.45, 2.75) is 51.7 Å². The van der Waals surface area contributed by atoms with Gasteiger partial charge in [0.2, 0.25) is 0 Å². The van der Waals surface area contributed by atoms with E-state index in [0.717, 1.165) is 5.69 Å². The van der Waals surface area contributed by atoms with Gasteiger partial charge in [0, 0.05) is 11.8 Å². The zero-order valence-corrected chi connectivity index (χ0v) is 15.1. The van der Waals surface area contributed by atoms with Crippen molar-refractivity contribution >= 4 is 13.3 Å². The minimum absolute atomic E-state index is 0.698. The lowest BCUT2D eigenvalue weighted by Crippen LogP contribution is -2.44. The topological polar surface area (TPSA) is 12.9 Å². The SMILES string of the molecule is CC(C)Cc1cc(-c2ccccc2)ncc1[Si]1(C)CCCC1. The summed E-state index contributed by atoms with van der Waals surface area (Å²) in [4.78, 5) is 4.84. The van der Waals surface area contributed by atoms with Gasteiger partial charge < -0.3 is 0 Å². The fourth-order valence-electron chi connectivity index (χ4n) is 3.84. The van der Waals surface area contributed by atoms with Gasteiger partial charge in [-0.15, -0.1) is 0 Å². The van der Waals surface area contributed by atoms with E-state index in [4.69, 9.17) is 4.98 Å². The number of hydrogen-bond acceptors (Lipinski definition) is 1. The molecule has 0 unspecified atom stereocenters. The lowest BCUT2D eigenvalue weighted by Gasteiger charge is -2.26. The second-order valence-electron chi connectivity index (χ2n) is 7.46. The molecular weight excluding hydrogens is 282 g/mol. The number of pyridine rings is 1. The normalized spacial score (nSPS) is 17.1. The number of nitrogens with zero attached hydrogens (tertiary/aromatic N) is 1. The standard InChI is InChI=1S/C20H27NSi/c1-16(2)13-18-14-19(17-9-5-4-6-10-17)21-15-20(18)22(3)11-7-8-12-22/h4-6,9-10,14-16H,7-8,11-13H2,1-3H3. The van der Waals surface area contributed by atoms with E-state index < -0.39 is 8.07 Å². The maximum Gasteiger partial charge on any atom is 0.0860 e. The van der Waals surface area contributed by atoms with Crippen LogP contribution in [0.25, 0.3) is 11.3 Å². The molecule has 2 heterocycles. The fraction of sp³-hybridized carbons (Fsp3) is 0.450. The molecule has 1 aliphatic heterocycles. The number of benzene rings is 1. The number of hydrogen-bond donors (Lipinski definition) is 0. The summed E-state index contributed by atoms with van der Waals surface area (Å²) < 4.78 is 0. The molecule has 0 radical (unpaired) electrons. The van der Waals surface area contributed by atoms with Crippen LogP contribution in [-0.4, -0.2) is 13.1 Å². The van der Waals surface area contributed by atoms with Crippen molar-refractivity contribution in [1.29, 1.82) is 0 Å². The molecule has 1 aliphatic rings. The van der Waals surface area contributed by atoms with Gasteiger partial charge in [-0.1, -0.05) is 75.7 Å². The van der Waals surface area contributed by atoms with Crippen LogP contribution < -0.4 is 5.19 Å². The third-order valence-electron chi connectivity index (χ3n) is 5.04. The Morgan fingerprint density at radius 2 is 1.77 bits per heavy atom. The van der Waals surface area contributed by atoms with Crippen LogP contribution in [0.3, 0.4) is 0 Å². The molecule has 2 aromatic rings. The Labute approximate surface area is 135 Å². The first kappa shape index (κ1) is 15.5. The molecule has 2 heteroatoms. The molecular formula is C20H27NSi. The molecule has 1 fully saturated rings. The van der Waals surface area contributed by atoms with Gasteiger partial charge in [0.15, 0.2) is 0 Å². The Hall–Kier alpha value is -1.41. The molecule has 0 atom stereocenters. The van der Waals surface area contributed by atoms with Crippen LogP contribution in [-0.2, 0) is 6.42 Å². The molecule has 0 spiro atoms. The van der Waals surface area contributed by atoms with Crippen LogP contribution in [0.2, 0.25) is 18.6 Å². The lowest BCUT2D eigenvalue weighted by molar-refractivity contribution is 0.648. The van der Waals surface area contributed by atoms with E-state index in [0.29, 0.717) is 5.92 Å². The van der Waals surface area contributed by atoms with Crippen LogP contribution in [0.15, 0.2) is 42.6 Å². The first-order valence-corrected chi connectivity index (χ1v) is 11.5. The zero-order chi connectivity index (χ0) is 15.6. The maximum absolute atomic E-state index is 4.84. The third-order valence-corrected chi connectivity index (χ3v) is 9.71. The molecule has 0 amide bonds. The Morgan fingerprint density at radius 1 is 1.09 bits per heavy atom. The van der Waals surface area contributed by atoms with E-state index in [1.54, 1.807) is 10.8 Å². The largest absolute Gasteiger partial charge is 0.256 e. The van der Waals surface area contributed by atoms with Gasteiger partial charge in [0.05, 0.1) is 13.8 Å². The predicted molar refractivity (Wildman–Crippen MR) is 98.3 cm³/mol. The van der Waals surface area contributed by atoms with Crippen molar-refractivity contribution in [3.05, 3.63) is 48.2 Å². The van der Waals surface area contributed by atoms with Crippen molar-refractivity contribution in [3.8, 4) is 11.3 Å². The minimum Gasteiger partial charge on any atom is -0.256 e. The fourth-order valence-corrected chi connectivity index (χ4v) is 8.02. The molecule has 1 nitrogen and oxygen atoms in total. The molecule has 3 rings (SSSR count). The van der Waals surface area contributed by atoms with Gasteiger partial charge in [-0.3, -0.25) is 4.98 Å². The van der Waals surface area contributed by atoms with Crippen LogP contribution in [0.5, 0.6) is 0 Å². The second-order valence-corrected chi connectivity index (χ2v) is 12.1.